The molecule has 4 nitrogen and oxygen atoms in total. The van der Waals surface area contributed by atoms with Crippen molar-refractivity contribution in [3.63, 3.8) is 0 Å². The lowest BCUT2D eigenvalue weighted by Gasteiger charge is -2.41. The van der Waals surface area contributed by atoms with Crippen molar-refractivity contribution in [1.82, 2.24) is 5.32 Å². The number of rotatable bonds is 3. The van der Waals surface area contributed by atoms with Crippen molar-refractivity contribution < 1.29 is 9.53 Å². The second-order valence-electron chi connectivity index (χ2n) is 4.06. The molecule has 1 saturated heterocycles. The molecule has 0 atom stereocenters. The van der Waals surface area contributed by atoms with Gasteiger partial charge in [0.1, 0.15) is 5.54 Å². The van der Waals surface area contributed by atoms with E-state index in [1.54, 1.807) is 0 Å². The van der Waals surface area contributed by atoms with Crippen LogP contribution >= 0.6 is 0 Å². The molecule has 0 aromatic carbocycles. The number of nitrogens with one attached hydrogen (secondary N) is 1. The van der Waals surface area contributed by atoms with E-state index in [1.807, 2.05) is 0 Å². The monoisotopic (exact) mass is 184 g/mol. The molecule has 4 heteroatoms. The van der Waals surface area contributed by atoms with Crippen LogP contribution in [0.2, 0.25) is 0 Å². The summed E-state index contributed by atoms with van der Waals surface area (Å²) in [5.41, 5.74) is 4.78. The van der Waals surface area contributed by atoms with Gasteiger partial charge in [0.25, 0.3) is 0 Å². The van der Waals surface area contributed by atoms with Gasteiger partial charge < -0.3 is 10.5 Å². The molecule has 2 fully saturated rings. The summed E-state index contributed by atoms with van der Waals surface area (Å²) in [5, 5.41) is 3.33. The van der Waals surface area contributed by atoms with Gasteiger partial charge in [0, 0.05) is 6.04 Å². The number of hydrogen-bond acceptors (Lipinski definition) is 3. The minimum Gasteiger partial charge on any atom is -0.376 e. The lowest BCUT2D eigenvalue weighted by Crippen LogP contribution is -2.69. The van der Waals surface area contributed by atoms with Gasteiger partial charge in [-0.3, -0.25) is 10.1 Å². The van der Waals surface area contributed by atoms with Crippen molar-refractivity contribution >= 4 is 5.91 Å². The Balaban J connectivity index is 1.93. The van der Waals surface area contributed by atoms with Crippen LogP contribution in [0.25, 0.3) is 0 Å². The Kier molecular flexibility index (Phi) is 2.26. The van der Waals surface area contributed by atoms with Gasteiger partial charge in [0.15, 0.2) is 0 Å². The predicted molar refractivity (Wildman–Crippen MR) is 48.1 cm³/mol. The Bertz CT molecular complexity index is 208. The van der Waals surface area contributed by atoms with Gasteiger partial charge in [-0.1, -0.05) is 12.8 Å². The zero-order valence-electron chi connectivity index (χ0n) is 7.71. The summed E-state index contributed by atoms with van der Waals surface area (Å²) in [5.74, 6) is -0.273. The van der Waals surface area contributed by atoms with Gasteiger partial charge in [0.05, 0.1) is 13.2 Å². The third-order valence-corrected chi connectivity index (χ3v) is 3.00. The van der Waals surface area contributed by atoms with Crippen LogP contribution in [0.1, 0.15) is 25.7 Å². The largest absolute Gasteiger partial charge is 0.376 e. The lowest BCUT2D eigenvalue weighted by atomic mass is 9.95. The average Bonchev–Trinajstić information content (AvgIpc) is 2.47. The number of hydrogen-bond donors (Lipinski definition) is 2. The van der Waals surface area contributed by atoms with Crippen molar-refractivity contribution in [2.24, 2.45) is 5.73 Å². The smallest absolute Gasteiger partial charge is 0.242 e. The highest BCUT2D eigenvalue weighted by Gasteiger charge is 2.45. The summed E-state index contributed by atoms with van der Waals surface area (Å²) in [7, 11) is 0. The molecule has 13 heavy (non-hydrogen) atoms. The minimum atomic E-state index is -0.547. The molecule has 1 aliphatic heterocycles. The maximum Gasteiger partial charge on any atom is 0.242 e. The average molecular weight is 184 g/mol. The zero-order chi connectivity index (χ0) is 9.31. The Morgan fingerprint density at radius 2 is 2.00 bits per heavy atom. The molecule has 74 valence electrons. The van der Waals surface area contributed by atoms with E-state index in [4.69, 9.17) is 10.5 Å². The molecule has 1 aliphatic carbocycles. The Morgan fingerprint density at radius 1 is 1.38 bits per heavy atom. The van der Waals surface area contributed by atoms with E-state index in [1.165, 1.54) is 12.8 Å². The number of primary amides is 1. The van der Waals surface area contributed by atoms with Gasteiger partial charge in [-0.2, -0.15) is 0 Å². The first-order chi connectivity index (χ1) is 6.23. The molecule has 2 aliphatic rings. The third-order valence-electron chi connectivity index (χ3n) is 3.00. The van der Waals surface area contributed by atoms with Crippen molar-refractivity contribution in [3.8, 4) is 0 Å². The summed E-state index contributed by atoms with van der Waals surface area (Å²) in [6.45, 7) is 0.887. The standard InChI is InChI=1S/C9H16N2O2/c10-8(12)9(5-13-6-9)11-7-3-1-2-4-7/h7,11H,1-6H2,(H2,10,12). The highest BCUT2D eigenvalue weighted by atomic mass is 16.5. The van der Waals surface area contributed by atoms with Crippen LogP contribution in [-0.4, -0.2) is 30.7 Å². The molecule has 1 heterocycles. The lowest BCUT2D eigenvalue weighted by molar-refractivity contribution is -0.146. The van der Waals surface area contributed by atoms with Crippen LogP contribution in [0, 0.1) is 0 Å². The van der Waals surface area contributed by atoms with Crippen LogP contribution in [0.4, 0.5) is 0 Å². The molecular weight excluding hydrogens is 168 g/mol. The van der Waals surface area contributed by atoms with Crippen molar-refractivity contribution in [1.29, 1.82) is 0 Å². The predicted octanol–water partition coefficient (Wildman–Crippen LogP) is -0.227. The minimum absolute atomic E-state index is 0.273. The summed E-state index contributed by atoms with van der Waals surface area (Å²) in [6, 6.07) is 0.469. The molecule has 0 radical (unpaired) electrons. The Hall–Kier alpha value is -0.610. The fraction of sp³-hybridized carbons (Fsp3) is 0.889. The number of amides is 1. The van der Waals surface area contributed by atoms with Crippen LogP contribution in [-0.2, 0) is 9.53 Å². The second-order valence-corrected chi connectivity index (χ2v) is 4.06. The van der Waals surface area contributed by atoms with Crippen LogP contribution < -0.4 is 11.1 Å². The number of nitrogens with two attached hydrogens (primary N) is 1. The fourth-order valence-corrected chi connectivity index (χ4v) is 2.06. The zero-order valence-corrected chi connectivity index (χ0v) is 7.71. The molecule has 0 aromatic heterocycles. The topological polar surface area (TPSA) is 64.4 Å². The molecule has 1 amide bonds. The number of carbonyl (C=O) groups is 1. The number of carbonyl (C=O) groups excluding carboxylic acids is 1. The quantitative estimate of drug-likeness (QED) is 0.637. The molecule has 0 spiro atoms. The van der Waals surface area contributed by atoms with Gasteiger partial charge in [0.2, 0.25) is 5.91 Å². The molecule has 0 unspecified atom stereocenters. The molecule has 3 N–H and O–H groups in total. The first kappa shape index (κ1) is 8.97. The van der Waals surface area contributed by atoms with Gasteiger partial charge in [-0.25, -0.2) is 0 Å². The van der Waals surface area contributed by atoms with Crippen LogP contribution in [0.15, 0.2) is 0 Å². The first-order valence-electron chi connectivity index (χ1n) is 4.88. The fourth-order valence-electron chi connectivity index (χ4n) is 2.06. The van der Waals surface area contributed by atoms with E-state index < -0.39 is 5.54 Å². The van der Waals surface area contributed by atoms with Gasteiger partial charge in [-0.05, 0) is 12.8 Å². The van der Waals surface area contributed by atoms with E-state index in [0.717, 1.165) is 12.8 Å². The SMILES string of the molecule is NC(=O)C1(NC2CCCC2)COC1. The van der Waals surface area contributed by atoms with E-state index in [2.05, 4.69) is 5.32 Å². The second kappa shape index (κ2) is 3.27. The molecule has 0 bridgehead atoms. The van der Waals surface area contributed by atoms with Crippen LogP contribution in [0.5, 0.6) is 0 Å². The van der Waals surface area contributed by atoms with Gasteiger partial charge >= 0.3 is 0 Å². The highest BCUT2D eigenvalue weighted by Crippen LogP contribution is 2.24. The highest BCUT2D eigenvalue weighted by molar-refractivity contribution is 5.86. The molecular formula is C9H16N2O2. The Morgan fingerprint density at radius 3 is 2.38 bits per heavy atom. The van der Waals surface area contributed by atoms with Crippen molar-refractivity contribution in [2.75, 3.05) is 13.2 Å². The molecule has 1 saturated carbocycles. The normalized spacial score (nSPS) is 27.1. The molecule has 0 aromatic rings. The summed E-state index contributed by atoms with van der Waals surface area (Å²) >= 11 is 0. The van der Waals surface area contributed by atoms with E-state index in [9.17, 15) is 4.79 Å². The number of ether oxygens (including phenoxy) is 1. The summed E-state index contributed by atoms with van der Waals surface area (Å²) < 4.78 is 5.05. The van der Waals surface area contributed by atoms with E-state index >= 15 is 0 Å². The van der Waals surface area contributed by atoms with Gasteiger partial charge in [-0.15, -0.1) is 0 Å². The van der Waals surface area contributed by atoms with E-state index in [-0.39, 0.29) is 5.91 Å². The van der Waals surface area contributed by atoms with Crippen molar-refractivity contribution in [3.05, 3.63) is 0 Å². The van der Waals surface area contributed by atoms with Crippen LogP contribution in [0.3, 0.4) is 0 Å². The maximum absolute atomic E-state index is 11.2. The molecule has 2 rings (SSSR count). The third kappa shape index (κ3) is 1.56. The van der Waals surface area contributed by atoms with Crippen molar-refractivity contribution in [2.45, 2.75) is 37.3 Å². The van der Waals surface area contributed by atoms with E-state index in [0.29, 0.717) is 19.3 Å². The first-order valence-corrected chi connectivity index (χ1v) is 4.88. The maximum atomic E-state index is 11.2. The Labute approximate surface area is 77.8 Å². The summed E-state index contributed by atoms with van der Waals surface area (Å²) in [6.07, 6.45) is 4.84. The summed E-state index contributed by atoms with van der Waals surface area (Å²) in [4.78, 5) is 11.2.